The van der Waals surface area contributed by atoms with E-state index in [0.29, 0.717) is 22.7 Å². The summed E-state index contributed by atoms with van der Waals surface area (Å²) in [6, 6.07) is 11.8. The molecule has 0 aromatic heterocycles. The van der Waals surface area contributed by atoms with Crippen molar-refractivity contribution in [3.63, 3.8) is 0 Å². The van der Waals surface area contributed by atoms with Crippen LogP contribution in [0, 0.1) is 0 Å². The smallest absolute Gasteiger partial charge is 0.333 e. The molecule has 1 heterocycles. The molecular formula is C18H15BrN2O4. The summed E-state index contributed by atoms with van der Waals surface area (Å²) in [6.07, 6.45) is 1.56. The number of imide groups is 1. The van der Waals surface area contributed by atoms with Gasteiger partial charge in [0.05, 0.1) is 19.9 Å². The third-order valence-corrected chi connectivity index (χ3v) is 4.12. The number of ether oxygens (including phenoxy) is 2. The lowest BCUT2D eigenvalue weighted by Gasteiger charge is -2.12. The van der Waals surface area contributed by atoms with Gasteiger partial charge in [-0.2, -0.15) is 0 Å². The number of hydrogen-bond acceptors (Lipinski definition) is 4. The van der Waals surface area contributed by atoms with Crippen molar-refractivity contribution in [2.75, 3.05) is 19.1 Å². The number of urea groups is 1. The molecule has 1 N–H and O–H groups in total. The Labute approximate surface area is 153 Å². The Morgan fingerprint density at radius 2 is 1.80 bits per heavy atom. The van der Waals surface area contributed by atoms with Crippen LogP contribution in [-0.4, -0.2) is 26.2 Å². The van der Waals surface area contributed by atoms with Gasteiger partial charge in [-0.25, -0.2) is 9.69 Å². The second-order valence-corrected chi connectivity index (χ2v) is 6.11. The molecule has 0 saturated carbocycles. The summed E-state index contributed by atoms with van der Waals surface area (Å²) < 4.78 is 11.4. The van der Waals surface area contributed by atoms with E-state index in [-0.39, 0.29) is 5.70 Å². The average Bonchev–Trinajstić information content (AvgIpc) is 2.88. The number of methoxy groups -OCH3 is 2. The number of carbonyl (C=O) groups is 2. The van der Waals surface area contributed by atoms with E-state index in [4.69, 9.17) is 9.47 Å². The molecule has 0 aliphatic carbocycles. The van der Waals surface area contributed by atoms with Crippen molar-refractivity contribution >= 4 is 39.6 Å². The fourth-order valence-corrected chi connectivity index (χ4v) is 3.02. The SMILES string of the molecule is COc1cc(Br)cc(C=C2NC(=O)N(c3ccccc3)C2=O)c1OC. The first-order valence-electron chi connectivity index (χ1n) is 7.39. The highest BCUT2D eigenvalue weighted by molar-refractivity contribution is 9.10. The normalized spacial score (nSPS) is 15.5. The van der Waals surface area contributed by atoms with E-state index in [9.17, 15) is 9.59 Å². The van der Waals surface area contributed by atoms with Crippen molar-refractivity contribution in [2.45, 2.75) is 0 Å². The molecule has 3 rings (SSSR count). The van der Waals surface area contributed by atoms with Gasteiger partial charge >= 0.3 is 6.03 Å². The van der Waals surface area contributed by atoms with Gasteiger partial charge in [0, 0.05) is 10.0 Å². The number of rotatable bonds is 4. The van der Waals surface area contributed by atoms with Crippen LogP contribution in [0.25, 0.3) is 6.08 Å². The maximum Gasteiger partial charge on any atom is 0.333 e. The largest absolute Gasteiger partial charge is 0.493 e. The lowest BCUT2D eigenvalue weighted by molar-refractivity contribution is -0.113. The Bertz CT molecular complexity index is 865. The summed E-state index contributed by atoms with van der Waals surface area (Å²) >= 11 is 3.39. The topological polar surface area (TPSA) is 67.9 Å². The van der Waals surface area contributed by atoms with Gasteiger partial charge in [0.2, 0.25) is 0 Å². The average molecular weight is 403 g/mol. The van der Waals surface area contributed by atoms with Gasteiger partial charge in [0.25, 0.3) is 5.91 Å². The van der Waals surface area contributed by atoms with E-state index < -0.39 is 11.9 Å². The van der Waals surface area contributed by atoms with Gasteiger partial charge in [-0.05, 0) is 30.3 Å². The first-order chi connectivity index (χ1) is 12.0. The third-order valence-electron chi connectivity index (χ3n) is 3.66. The van der Waals surface area contributed by atoms with E-state index in [0.717, 1.165) is 9.37 Å². The van der Waals surface area contributed by atoms with Crippen molar-refractivity contribution in [1.29, 1.82) is 0 Å². The molecule has 0 bridgehead atoms. The first kappa shape index (κ1) is 17.0. The van der Waals surface area contributed by atoms with E-state index in [1.165, 1.54) is 14.2 Å². The number of carbonyl (C=O) groups excluding carboxylic acids is 2. The van der Waals surface area contributed by atoms with Gasteiger partial charge in [-0.1, -0.05) is 34.1 Å². The fourth-order valence-electron chi connectivity index (χ4n) is 2.57. The predicted molar refractivity (Wildman–Crippen MR) is 97.7 cm³/mol. The van der Waals surface area contributed by atoms with Gasteiger partial charge in [-0.15, -0.1) is 0 Å². The molecule has 0 atom stereocenters. The van der Waals surface area contributed by atoms with Gasteiger partial charge in [-0.3, -0.25) is 4.79 Å². The molecule has 6 nitrogen and oxygen atoms in total. The number of nitrogens with zero attached hydrogens (tertiary/aromatic N) is 1. The zero-order valence-electron chi connectivity index (χ0n) is 13.6. The number of para-hydroxylation sites is 1. The summed E-state index contributed by atoms with van der Waals surface area (Å²) in [5.74, 6) is 0.552. The number of anilines is 1. The van der Waals surface area contributed by atoms with Crippen LogP contribution in [0.15, 0.2) is 52.6 Å². The molecule has 0 radical (unpaired) electrons. The molecular weight excluding hydrogens is 388 g/mol. The van der Waals surface area contributed by atoms with Crippen molar-refractivity contribution in [3.8, 4) is 11.5 Å². The number of hydrogen-bond donors (Lipinski definition) is 1. The molecule has 1 fully saturated rings. The minimum absolute atomic E-state index is 0.160. The predicted octanol–water partition coefficient (Wildman–Crippen LogP) is 3.56. The molecule has 128 valence electrons. The highest BCUT2D eigenvalue weighted by Gasteiger charge is 2.35. The monoisotopic (exact) mass is 402 g/mol. The Hall–Kier alpha value is -2.80. The molecule has 2 aromatic carbocycles. The molecule has 0 spiro atoms. The maximum absolute atomic E-state index is 12.7. The van der Waals surface area contributed by atoms with Crippen LogP contribution in [-0.2, 0) is 4.79 Å². The Kier molecular flexibility index (Phi) is 4.76. The van der Waals surface area contributed by atoms with Crippen LogP contribution in [0.3, 0.4) is 0 Å². The molecule has 0 unspecified atom stereocenters. The van der Waals surface area contributed by atoms with Crippen LogP contribution in [0.4, 0.5) is 10.5 Å². The van der Waals surface area contributed by atoms with Crippen molar-refractivity contribution < 1.29 is 19.1 Å². The molecule has 25 heavy (non-hydrogen) atoms. The second-order valence-electron chi connectivity index (χ2n) is 5.19. The highest BCUT2D eigenvalue weighted by Crippen LogP contribution is 2.36. The summed E-state index contributed by atoms with van der Waals surface area (Å²) in [5.41, 5.74) is 1.27. The van der Waals surface area contributed by atoms with Crippen molar-refractivity contribution in [1.82, 2.24) is 5.32 Å². The molecule has 1 saturated heterocycles. The summed E-state index contributed by atoms with van der Waals surface area (Å²) in [7, 11) is 3.04. The van der Waals surface area contributed by atoms with E-state index in [1.807, 2.05) is 6.07 Å². The Morgan fingerprint density at radius 1 is 1.08 bits per heavy atom. The van der Waals surface area contributed by atoms with Crippen LogP contribution >= 0.6 is 15.9 Å². The number of halogens is 1. The third kappa shape index (κ3) is 3.23. The van der Waals surface area contributed by atoms with Crippen LogP contribution in [0.1, 0.15) is 5.56 Å². The molecule has 1 aliphatic heterocycles. The molecule has 7 heteroatoms. The first-order valence-corrected chi connectivity index (χ1v) is 8.18. The lowest BCUT2D eigenvalue weighted by atomic mass is 10.1. The fraction of sp³-hybridized carbons (Fsp3) is 0.111. The maximum atomic E-state index is 12.7. The van der Waals surface area contributed by atoms with Gasteiger partial charge in [0.1, 0.15) is 5.70 Å². The molecule has 3 amide bonds. The van der Waals surface area contributed by atoms with Crippen molar-refractivity contribution in [3.05, 3.63) is 58.2 Å². The van der Waals surface area contributed by atoms with Crippen LogP contribution < -0.4 is 19.7 Å². The zero-order valence-corrected chi connectivity index (χ0v) is 15.2. The minimum atomic E-state index is -0.497. The van der Waals surface area contributed by atoms with E-state index in [1.54, 1.807) is 42.5 Å². The van der Waals surface area contributed by atoms with Crippen LogP contribution in [0.2, 0.25) is 0 Å². The van der Waals surface area contributed by atoms with E-state index in [2.05, 4.69) is 21.2 Å². The number of benzene rings is 2. The quantitative estimate of drug-likeness (QED) is 0.626. The lowest BCUT2D eigenvalue weighted by Crippen LogP contribution is -2.30. The highest BCUT2D eigenvalue weighted by atomic mass is 79.9. The second kappa shape index (κ2) is 6.98. The van der Waals surface area contributed by atoms with Gasteiger partial charge < -0.3 is 14.8 Å². The summed E-state index contributed by atoms with van der Waals surface area (Å²) in [5, 5.41) is 2.60. The molecule has 1 aliphatic rings. The summed E-state index contributed by atoms with van der Waals surface area (Å²) in [6.45, 7) is 0. The number of amides is 3. The number of nitrogens with one attached hydrogen (secondary N) is 1. The van der Waals surface area contributed by atoms with Crippen LogP contribution in [0.5, 0.6) is 11.5 Å². The van der Waals surface area contributed by atoms with Crippen molar-refractivity contribution in [2.24, 2.45) is 0 Å². The van der Waals surface area contributed by atoms with Gasteiger partial charge in [0.15, 0.2) is 11.5 Å². The Balaban J connectivity index is 2.02. The standard InChI is InChI=1S/C18H15BrN2O4/c1-24-15-10-12(19)8-11(16(15)25-2)9-14-17(22)21(18(23)20-14)13-6-4-3-5-7-13/h3-10H,1-2H3,(H,20,23). The zero-order chi connectivity index (χ0) is 18.0. The minimum Gasteiger partial charge on any atom is -0.493 e. The summed E-state index contributed by atoms with van der Waals surface area (Å²) in [4.78, 5) is 26.0. The van der Waals surface area contributed by atoms with E-state index >= 15 is 0 Å². The molecule has 2 aromatic rings. The Morgan fingerprint density at radius 3 is 2.44 bits per heavy atom.